The number of hydrogen-bond acceptors (Lipinski definition) is 4. The van der Waals surface area contributed by atoms with Gasteiger partial charge in [0.1, 0.15) is 0 Å². The molecule has 0 heterocycles. The molecule has 0 aromatic heterocycles. The van der Waals surface area contributed by atoms with Crippen molar-refractivity contribution in [3.05, 3.63) is 0 Å². The quantitative estimate of drug-likeness (QED) is 0.143. The maximum atomic E-state index is 10.5. The molecule has 6 heteroatoms. The van der Waals surface area contributed by atoms with Crippen LogP contribution < -0.4 is 29.6 Å². The number of rotatable bonds is 23. The van der Waals surface area contributed by atoms with Crippen LogP contribution in [0.1, 0.15) is 142 Å². The van der Waals surface area contributed by atoms with Crippen LogP contribution in [0.25, 0.3) is 0 Å². The molecule has 176 valence electrons. The van der Waals surface area contributed by atoms with Crippen LogP contribution in [-0.2, 0) is 10.1 Å². The van der Waals surface area contributed by atoms with Gasteiger partial charge in [0, 0.05) is 5.75 Å². The second kappa shape index (κ2) is 24.5. The zero-order valence-electron chi connectivity index (χ0n) is 20.2. The van der Waals surface area contributed by atoms with E-state index in [1.807, 2.05) is 0 Å². The summed E-state index contributed by atoms with van der Waals surface area (Å²) in [4.78, 5) is 0. The molecule has 0 aliphatic carbocycles. The molecule has 0 saturated heterocycles. The minimum absolute atomic E-state index is 0. The van der Waals surface area contributed by atoms with Gasteiger partial charge in [-0.1, -0.05) is 122 Å². The molecule has 0 saturated carbocycles. The molecule has 0 bridgehead atoms. The maximum Gasteiger partial charge on any atom is 1.00 e. The Labute approximate surface area is 210 Å². The van der Waals surface area contributed by atoms with Gasteiger partial charge in [0.05, 0.1) is 16.2 Å². The van der Waals surface area contributed by atoms with E-state index in [1.54, 1.807) is 0 Å². The molecule has 0 radical (unpaired) electrons. The fraction of sp³-hybridized carbons (Fsp3) is 1.00. The largest absolute Gasteiger partial charge is 1.00 e. The van der Waals surface area contributed by atoms with Gasteiger partial charge in [0.15, 0.2) is 0 Å². The third kappa shape index (κ3) is 28.9. The Morgan fingerprint density at radius 2 is 0.900 bits per heavy atom. The summed E-state index contributed by atoms with van der Waals surface area (Å²) >= 11 is 0. The van der Waals surface area contributed by atoms with Crippen LogP contribution in [0.15, 0.2) is 0 Å². The molecule has 4 nitrogen and oxygen atoms in total. The molecule has 0 aliphatic heterocycles. The first kappa shape index (κ1) is 33.0. The van der Waals surface area contributed by atoms with Gasteiger partial charge in [-0.25, -0.2) is 8.42 Å². The van der Waals surface area contributed by atoms with Crippen molar-refractivity contribution in [2.75, 3.05) is 5.75 Å². The predicted molar refractivity (Wildman–Crippen MR) is 123 cm³/mol. The van der Waals surface area contributed by atoms with Crippen LogP contribution in [0.2, 0.25) is 0 Å². The van der Waals surface area contributed by atoms with E-state index >= 15 is 0 Å². The summed E-state index contributed by atoms with van der Waals surface area (Å²) in [5.74, 6) is -0.200. The summed E-state index contributed by atoms with van der Waals surface area (Å²) in [6.07, 6.45) is 24.8. The Balaban J connectivity index is 0. The van der Waals surface area contributed by atoms with Gasteiger partial charge in [-0.15, -0.1) is 0 Å². The first-order valence-electron chi connectivity index (χ1n) is 12.6. The van der Waals surface area contributed by atoms with Crippen molar-refractivity contribution in [1.29, 1.82) is 0 Å². The molecule has 0 fully saturated rings. The molecule has 0 rings (SSSR count). The van der Waals surface area contributed by atoms with E-state index < -0.39 is 10.1 Å². The monoisotopic (exact) mass is 456 g/mol. The van der Waals surface area contributed by atoms with Crippen molar-refractivity contribution in [2.24, 2.45) is 0 Å². The van der Waals surface area contributed by atoms with Crippen molar-refractivity contribution in [1.82, 2.24) is 0 Å². The Morgan fingerprint density at radius 3 is 1.23 bits per heavy atom. The SMILES string of the molecule is CCCCCCC(O)CCCCCCCCCCCCCCCCCS(=O)(=O)[O-].[Na+]. The summed E-state index contributed by atoms with van der Waals surface area (Å²) in [7, 11) is -4.01. The number of unbranched alkanes of at least 4 members (excludes halogenated alkanes) is 17. The topological polar surface area (TPSA) is 77.4 Å². The van der Waals surface area contributed by atoms with Gasteiger partial charge >= 0.3 is 29.6 Å². The molecule has 0 aromatic rings. The standard InChI is InChI=1S/C24H50O4S.Na/c1-2-3-4-18-21-24(25)22-19-16-14-12-10-8-6-5-7-9-11-13-15-17-20-23-29(26,27)28;/h24-25H,2-23H2,1H3,(H,26,27,28);/q;+1/p-1. The number of hydrogen-bond donors (Lipinski definition) is 1. The second-order valence-electron chi connectivity index (χ2n) is 8.86. The summed E-state index contributed by atoms with van der Waals surface area (Å²) in [6, 6.07) is 0. The molecule has 1 unspecified atom stereocenters. The van der Waals surface area contributed by atoms with Gasteiger partial charge in [-0.3, -0.25) is 0 Å². The average Bonchev–Trinajstić information content (AvgIpc) is 2.66. The summed E-state index contributed by atoms with van der Waals surface area (Å²) in [5, 5.41) is 9.96. The number of aliphatic hydroxyl groups is 1. The smallest absolute Gasteiger partial charge is 0.748 e. The molecule has 30 heavy (non-hydrogen) atoms. The van der Waals surface area contributed by atoms with E-state index in [-0.39, 0.29) is 41.4 Å². The Morgan fingerprint density at radius 1 is 0.600 bits per heavy atom. The Bertz CT molecular complexity index is 429. The van der Waals surface area contributed by atoms with Crippen molar-refractivity contribution in [3.8, 4) is 0 Å². The normalized spacial score (nSPS) is 12.6. The van der Waals surface area contributed by atoms with E-state index in [0.29, 0.717) is 6.42 Å². The summed E-state index contributed by atoms with van der Waals surface area (Å²) < 4.78 is 31.5. The molecule has 0 spiro atoms. The molecular weight excluding hydrogens is 407 g/mol. The van der Waals surface area contributed by atoms with Crippen molar-refractivity contribution in [2.45, 2.75) is 148 Å². The zero-order chi connectivity index (χ0) is 21.6. The van der Waals surface area contributed by atoms with Crippen molar-refractivity contribution < 1.29 is 47.6 Å². The molecule has 0 aliphatic rings. The minimum atomic E-state index is -4.01. The fourth-order valence-electron chi connectivity index (χ4n) is 3.91. The summed E-state index contributed by atoms with van der Waals surface area (Å²) in [6.45, 7) is 2.22. The Kier molecular flexibility index (Phi) is 27.0. The third-order valence-corrected chi connectivity index (χ3v) is 6.61. The molecule has 0 amide bonds. The zero-order valence-corrected chi connectivity index (χ0v) is 23.0. The first-order chi connectivity index (χ1) is 14.0. The van der Waals surface area contributed by atoms with Gasteiger partial charge in [-0.2, -0.15) is 0 Å². The van der Waals surface area contributed by atoms with Crippen molar-refractivity contribution in [3.63, 3.8) is 0 Å². The average molecular weight is 457 g/mol. The predicted octanol–water partition coefficient (Wildman–Crippen LogP) is 4.11. The minimum Gasteiger partial charge on any atom is -0.748 e. The maximum absolute atomic E-state index is 10.5. The van der Waals surface area contributed by atoms with Crippen LogP contribution in [0, 0.1) is 0 Å². The van der Waals surface area contributed by atoms with Crippen LogP contribution in [0.5, 0.6) is 0 Å². The van der Waals surface area contributed by atoms with Gasteiger partial charge in [-0.05, 0) is 19.3 Å². The van der Waals surface area contributed by atoms with E-state index in [1.165, 1.54) is 96.3 Å². The van der Waals surface area contributed by atoms with Crippen molar-refractivity contribution >= 4 is 10.1 Å². The Hall–Kier alpha value is 0.870. The van der Waals surface area contributed by atoms with Gasteiger partial charge in [0.25, 0.3) is 0 Å². The van der Waals surface area contributed by atoms with Crippen LogP contribution in [-0.4, -0.2) is 29.9 Å². The van der Waals surface area contributed by atoms with Gasteiger partial charge in [0.2, 0.25) is 0 Å². The van der Waals surface area contributed by atoms with Crippen LogP contribution in [0.4, 0.5) is 0 Å². The fourth-order valence-corrected chi connectivity index (χ4v) is 4.47. The van der Waals surface area contributed by atoms with Gasteiger partial charge < -0.3 is 9.66 Å². The molecule has 0 aromatic carbocycles. The molecule has 1 N–H and O–H groups in total. The first-order valence-corrected chi connectivity index (χ1v) is 14.1. The molecule has 1 atom stereocenters. The third-order valence-electron chi connectivity index (χ3n) is 5.82. The number of aliphatic hydroxyl groups excluding tert-OH is 1. The van der Waals surface area contributed by atoms with E-state index in [4.69, 9.17) is 0 Å². The van der Waals surface area contributed by atoms with E-state index in [9.17, 15) is 18.1 Å². The molecular formula is C24H49NaO4S. The summed E-state index contributed by atoms with van der Waals surface area (Å²) in [5.41, 5.74) is 0. The van der Waals surface area contributed by atoms with E-state index in [0.717, 1.165) is 32.1 Å². The van der Waals surface area contributed by atoms with E-state index in [2.05, 4.69) is 6.92 Å². The second-order valence-corrected chi connectivity index (χ2v) is 10.4. The van der Waals surface area contributed by atoms with Crippen LogP contribution >= 0.6 is 0 Å². The van der Waals surface area contributed by atoms with Crippen LogP contribution in [0.3, 0.4) is 0 Å².